The lowest BCUT2D eigenvalue weighted by atomic mass is 10.0. The number of esters is 1. The van der Waals surface area contributed by atoms with Gasteiger partial charge in [0.25, 0.3) is 11.8 Å². The second kappa shape index (κ2) is 10.8. The summed E-state index contributed by atoms with van der Waals surface area (Å²) in [5.41, 5.74) is 3.96. The highest BCUT2D eigenvalue weighted by molar-refractivity contribution is 6.07. The van der Waals surface area contributed by atoms with Crippen LogP contribution in [-0.4, -0.2) is 52.1 Å². The molecule has 0 atom stereocenters. The molecule has 1 aliphatic carbocycles. The van der Waals surface area contributed by atoms with Gasteiger partial charge in [-0.15, -0.1) is 0 Å². The fraction of sp³-hybridized carbons (Fsp3) is 0.276. The number of hydrogen-bond donors (Lipinski definition) is 1. The molecule has 5 rings (SSSR count). The second-order valence-electron chi connectivity index (χ2n) is 9.26. The molecule has 3 heterocycles. The normalized spacial score (nSPS) is 12.8. The van der Waals surface area contributed by atoms with Gasteiger partial charge in [-0.3, -0.25) is 14.5 Å². The van der Waals surface area contributed by atoms with E-state index in [1.165, 1.54) is 6.20 Å². The molecule has 0 unspecified atom stereocenters. The highest BCUT2D eigenvalue weighted by atomic mass is 16.5. The number of fused-ring (bicyclic) bond motifs is 1. The zero-order chi connectivity index (χ0) is 26.6. The van der Waals surface area contributed by atoms with Gasteiger partial charge in [0.05, 0.1) is 23.9 Å². The number of pyridine rings is 2. The summed E-state index contributed by atoms with van der Waals surface area (Å²) >= 11 is 0. The first-order valence-corrected chi connectivity index (χ1v) is 12.8. The Hall–Kier alpha value is -4.53. The maximum absolute atomic E-state index is 13.7. The van der Waals surface area contributed by atoms with Crippen LogP contribution >= 0.6 is 0 Å². The van der Waals surface area contributed by atoms with E-state index in [1.54, 1.807) is 59.2 Å². The van der Waals surface area contributed by atoms with Gasteiger partial charge in [0.2, 0.25) is 0 Å². The first kappa shape index (κ1) is 25.1. The molecule has 9 nitrogen and oxygen atoms in total. The summed E-state index contributed by atoms with van der Waals surface area (Å²) < 4.78 is 6.98. The predicted octanol–water partition coefficient (Wildman–Crippen LogP) is 4.52. The van der Waals surface area contributed by atoms with Crippen LogP contribution in [0, 0.1) is 0 Å². The molecule has 1 aliphatic rings. The molecule has 38 heavy (non-hydrogen) atoms. The van der Waals surface area contributed by atoms with Crippen molar-refractivity contribution < 1.29 is 19.1 Å². The average Bonchev–Trinajstić information content (AvgIpc) is 3.70. The second-order valence-corrected chi connectivity index (χ2v) is 9.26. The number of rotatable bonds is 9. The molecule has 1 aromatic carbocycles. The zero-order valence-electron chi connectivity index (χ0n) is 21.4. The lowest BCUT2D eigenvalue weighted by molar-refractivity contribution is 0.0499. The molecule has 1 N–H and O–H groups in total. The number of carbonyl (C=O) groups excluding carboxylic acids is 3. The number of benzene rings is 1. The molecule has 1 saturated carbocycles. The van der Waals surface area contributed by atoms with Crippen molar-refractivity contribution in [3.05, 3.63) is 83.8 Å². The fourth-order valence-electron chi connectivity index (χ4n) is 4.25. The van der Waals surface area contributed by atoms with E-state index in [2.05, 4.69) is 15.4 Å². The maximum Gasteiger partial charge on any atom is 0.339 e. The Kier molecular flexibility index (Phi) is 7.17. The summed E-state index contributed by atoms with van der Waals surface area (Å²) in [5.74, 6) is -0.229. The molecular formula is C29H29N5O4. The quantitative estimate of drug-likeness (QED) is 0.262. The van der Waals surface area contributed by atoms with Crippen LogP contribution in [0.2, 0.25) is 0 Å². The SMILES string of the molecule is CCCCOC(=O)c1ccc(N(C(=O)c2ccn3ncc(-c4ccc(C(=O)NC)cc4)c3c2)C2CC2)nc1. The third-order valence-corrected chi connectivity index (χ3v) is 6.55. The maximum atomic E-state index is 13.7. The number of carbonyl (C=O) groups is 3. The van der Waals surface area contributed by atoms with E-state index in [1.807, 2.05) is 25.1 Å². The van der Waals surface area contributed by atoms with Crippen molar-refractivity contribution in [1.29, 1.82) is 0 Å². The summed E-state index contributed by atoms with van der Waals surface area (Å²) in [4.78, 5) is 44.0. The van der Waals surface area contributed by atoms with Gasteiger partial charge in [0.1, 0.15) is 5.82 Å². The Bertz CT molecular complexity index is 1470. The molecule has 0 bridgehead atoms. The molecular weight excluding hydrogens is 482 g/mol. The van der Waals surface area contributed by atoms with Crippen LogP contribution < -0.4 is 10.2 Å². The van der Waals surface area contributed by atoms with Crippen molar-refractivity contribution in [2.24, 2.45) is 0 Å². The molecule has 0 spiro atoms. The van der Waals surface area contributed by atoms with Gasteiger partial charge in [0.15, 0.2) is 0 Å². The fourth-order valence-corrected chi connectivity index (χ4v) is 4.25. The van der Waals surface area contributed by atoms with E-state index < -0.39 is 5.97 Å². The van der Waals surface area contributed by atoms with E-state index in [4.69, 9.17) is 4.74 Å². The molecule has 4 aromatic rings. The smallest absolute Gasteiger partial charge is 0.339 e. The van der Waals surface area contributed by atoms with Gasteiger partial charge in [-0.2, -0.15) is 5.10 Å². The molecule has 9 heteroatoms. The Balaban J connectivity index is 1.40. The minimum absolute atomic E-state index is 0.0650. The van der Waals surface area contributed by atoms with Crippen LogP contribution in [0.3, 0.4) is 0 Å². The molecule has 194 valence electrons. The number of nitrogens with one attached hydrogen (secondary N) is 1. The Morgan fingerprint density at radius 3 is 2.45 bits per heavy atom. The van der Waals surface area contributed by atoms with Gasteiger partial charge >= 0.3 is 5.97 Å². The molecule has 1 fully saturated rings. The number of unbranched alkanes of at least 4 members (excludes halogenated alkanes) is 1. The highest BCUT2D eigenvalue weighted by Gasteiger charge is 2.35. The topological polar surface area (TPSA) is 106 Å². The standard InChI is InChI=1S/C29H29N5O4/c1-3-4-15-38-29(37)22-9-12-26(31-17-22)34(23-10-11-23)28(36)21-13-14-33-25(16-21)24(18-32-33)19-5-7-20(8-6-19)27(35)30-2/h5-9,12-14,16-18,23H,3-4,10-11,15H2,1-2H3,(H,30,35). The Morgan fingerprint density at radius 2 is 1.79 bits per heavy atom. The Labute approximate surface area is 220 Å². The van der Waals surface area contributed by atoms with Crippen molar-refractivity contribution >= 4 is 29.1 Å². The molecule has 0 aliphatic heterocycles. The van der Waals surface area contributed by atoms with Crippen LogP contribution in [0.1, 0.15) is 63.7 Å². The lowest BCUT2D eigenvalue weighted by Crippen LogP contribution is -2.33. The minimum Gasteiger partial charge on any atom is -0.462 e. The molecule has 2 amide bonds. The van der Waals surface area contributed by atoms with Gasteiger partial charge in [-0.05, 0) is 61.2 Å². The highest BCUT2D eigenvalue weighted by Crippen LogP contribution is 2.33. The van der Waals surface area contributed by atoms with Crippen molar-refractivity contribution in [3.8, 4) is 11.1 Å². The third-order valence-electron chi connectivity index (χ3n) is 6.55. The van der Waals surface area contributed by atoms with Crippen molar-refractivity contribution in [2.45, 2.75) is 38.6 Å². The van der Waals surface area contributed by atoms with E-state index in [0.717, 1.165) is 42.3 Å². The first-order valence-electron chi connectivity index (χ1n) is 12.8. The Morgan fingerprint density at radius 1 is 1.03 bits per heavy atom. The van der Waals surface area contributed by atoms with Crippen LogP contribution in [0.25, 0.3) is 16.6 Å². The number of hydrogen-bond acceptors (Lipinski definition) is 6. The zero-order valence-corrected chi connectivity index (χ0v) is 21.4. The largest absolute Gasteiger partial charge is 0.462 e. The van der Waals surface area contributed by atoms with Gasteiger partial charge < -0.3 is 10.1 Å². The summed E-state index contributed by atoms with van der Waals surface area (Å²) in [6.45, 7) is 2.41. The lowest BCUT2D eigenvalue weighted by Gasteiger charge is -2.22. The van der Waals surface area contributed by atoms with Crippen molar-refractivity contribution in [1.82, 2.24) is 19.9 Å². The first-order chi connectivity index (χ1) is 18.5. The number of amides is 2. The minimum atomic E-state index is -0.413. The monoisotopic (exact) mass is 511 g/mol. The van der Waals surface area contributed by atoms with Gasteiger partial charge in [-0.25, -0.2) is 14.3 Å². The number of anilines is 1. The number of nitrogens with zero attached hydrogens (tertiary/aromatic N) is 4. The summed E-state index contributed by atoms with van der Waals surface area (Å²) in [6.07, 6.45) is 8.52. The number of ether oxygens (including phenoxy) is 1. The molecule has 0 saturated heterocycles. The van der Waals surface area contributed by atoms with E-state index in [9.17, 15) is 14.4 Å². The molecule has 3 aromatic heterocycles. The summed E-state index contributed by atoms with van der Waals surface area (Å²) in [6, 6.07) is 14.2. The average molecular weight is 512 g/mol. The third kappa shape index (κ3) is 5.13. The van der Waals surface area contributed by atoms with Crippen LogP contribution in [-0.2, 0) is 4.74 Å². The summed E-state index contributed by atoms with van der Waals surface area (Å²) in [7, 11) is 1.59. The summed E-state index contributed by atoms with van der Waals surface area (Å²) in [5, 5.41) is 7.05. The van der Waals surface area contributed by atoms with Gasteiger partial charge in [0, 0.05) is 42.2 Å². The van der Waals surface area contributed by atoms with E-state index in [0.29, 0.717) is 29.1 Å². The number of aromatic nitrogens is 3. The van der Waals surface area contributed by atoms with Gasteiger partial charge in [-0.1, -0.05) is 25.5 Å². The predicted molar refractivity (Wildman–Crippen MR) is 143 cm³/mol. The van der Waals surface area contributed by atoms with E-state index in [-0.39, 0.29) is 17.9 Å². The van der Waals surface area contributed by atoms with Crippen molar-refractivity contribution in [2.75, 3.05) is 18.6 Å². The van der Waals surface area contributed by atoms with Crippen LogP contribution in [0.5, 0.6) is 0 Å². The van der Waals surface area contributed by atoms with Crippen molar-refractivity contribution in [3.63, 3.8) is 0 Å². The van der Waals surface area contributed by atoms with Crippen LogP contribution in [0.4, 0.5) is 5.82 Å². The van der Waals surface area contributed by atoms with E-state index >= 15 is 0 Å². The van der Waals surface area contributed by atoms with Crippen LogP contribution in [0.15, 0.2) is 67.1 Å². The molecule has 0 radical (unpaired) electrons.